The van der Waals surface area contributed by atoms with E-state index in [0.717, 1.165) is 64.1 Å². The number of rotatable bonds is 7. The lowest BCUT2D eigenvalue weighted by molar-refractivity contribution is 0.195. The minimum absolute atomic E-state index is 0.729. The number of aliphatic imine (C=N–C) groups is 1. The van der Waals surface area contributed by atoms with Gasteiger partial charge in [-0.3, -0.25) is 4.99 Å². The summed E-state index contributed by atoms with van der Waals surface area (Å²) in [6, 6.07) is 4.21. The van der Waals surface area contributed by atoms with Gasteiger partial charge in [0, 0.05) is 66.2 Å². The summed E-state index contributed by atoms with van der Waals surface area (Å²) in [5, 5.41) is 6.63. The van der Waals surface area contributed by atoms with Gasteiger partial charge in [-0.15, -0.1) is 0 Å². The maximum absolute atomic E-state index is 5.05. The summed E-state index contributed by atoms with van der Waals surface area (Å²) in [6.45, 7) is 6.56. The Labute approximate surface area is 145 Å². The van der Waals surface area contributed by atoms with Gasteiger partial charge in [0.1, 0.15) is 5.82 Å². The van der Waals surface area contributed by atoms with Gasteiger partial charge in [0.05, 0.1) is 0 Å². The fourth-order valence-corrected chi connectivity index (χ4v) is 2.61. The van der Waals surface area contributed by atoms with Crippen LogP contribution in [0.25, 0.3) is 0 Å². The minimum Gasteiger partial charge on any atom is -0.385 e. The highest BCUT2D eigenvalue weighted by molar-refractivity contribution is 5.79. The molecule has 1 aromatic heterocycles. The number of hydrogen-bond donors (Lipinski definition) is 2. The Morgan fingerprint density at radius 1 is 1.29 bits per heavy atom. The first-order valence-corrected chi connectivity index (χ1v) is 8.55. The summed E-state index contributed by atoms with van der Waals surface area (Å²) in [7, 11) is 5.67. The van der Waals surface area contributed by atoms with Crippen molar-refractivity contribution < 1.29 is 4.74 Å². The smallest absolute Gasteiger partial charge is 0.191 e. The topological polar surface area (TPSA) is 65.0 Å². The van der Waals surface area contributed by atoms with Crippen LogP contribution in [0.5, 0.6) is 0 Å². The van der Waals surface area contributed by atoms with Crippen LogP contribution in [0.1, 0.15) is 12.0 Å². The number of anilines is 1. The fourth-order valence-electron chi connectivity index (χ4n) is 2.61. The molecule has 1 fully saturated rings. The van der Waals surface area contributed by atoms with Gasteiger partial charge < -0.3 is 25.2 Å². The maximum Gasteiger partial charge on any atom is 0.191 e. The van der Waals surface area contributed by atoms with Gasteiger partial charge in [-0.05, 0) is 31.2 Å². The molecule has 0 unspecified atom stereocenters. The van der Waals surface area contributed by atoms with E-state index in [4.69, 9.17) is 4.74 Å². The Morgan fingerprint density at radius 3 is 2.79 bits per heavy atom. The lowest BCUT2D eigenvalue weighted by atomic mass is 10.2. The van der Waals surface area contributed by atoms with Crippen molar-refractivity contribution in [1.82, 2.24) is 20.5 Å². The zero-order valence-corrected chi connectivity index (χ0v) is 15.1. The van der Waals surface area contributed by atoms with Crippen molar-refractivity contribution in [3.8, 4) is 0 Å². The van der Waals surface area contributed by atoms with E-state index < -0.39 is 0 Å². The van der Waals surface area contributed by atoms with E-state index in [1.165, 1.54) is 5.56 Å². The predicted molar refractivity (Wildman–Crippen MR) is 98.6 cm³/mol. The quantitative estimate of drug-likeness (QED) is 0.431. The molecule has 1 saturated heterocycles. The van der Waals surface area contributed by atoms with E-state index in [0.29, 0.717) is 0 Å². The first-order chi connectivity index (χ1) is 11.7. The molecular weight excluding hydrogens is 304 g/mol. The largest absolute Gasteiger partial charge is 0.385 e. The van der Waals surface area contributed by atoms with Crippen LogP contribution < -0.4 is 15.5 Å². The lowest BCUT2D eigenvalue weighted by Gasteiger charge is -2.33. The van der Waals surface area contributed by atoms with Gasteiger partial charge in [-0.25, -0.2) is 4.98 Å². The van der Waals surface area contributed by atoms with Gasteiger partial charge >= 0.3 is 0 Å². The monoisotopic (exact) mass is 334 g/mol. The molecule has 0 saturated carbocycles. The molecular formula is C17H30N6O. The van der Waals surface area contributed by atoms with E-state index in [9.17, 15) is 0 Å². The molecule has 2 heterocycles. The van der Waals surface area contributed by atoms with Crippen LogP contribution in [0.2, 0.25) is 0 Å². The molecule has 0 atom stereocenters. The Bertz CT molecular complexity index is 514. The van der Waals surface area contributed by atoms with Crippen LogP contribution in [0, 0.1) is 0 Å². The number of aromatic nitrogens is 1. The highest BCUT2D eigenvalue weighted by Gasteiger charge is 2.15. The summed E-state index contributed by atoms with van der Waals surface area (Å²) >= 11 is 0. The first kappa shape index (κ1) is 18.5. The standard InChI is InChI=1S/C17H30N6O/c1-18-17(20-6-4-12-24-3)21-14-15-5-7-19-16(13-15)23-10-8-22(2)9-11-23/h5,7,13H,4,6,8-12,14H2,1-3H3,(H2,18,20,21). The van der Waals surface area contributed by atoms with Gasteiger partial charge in [0.15, 0.2) is 5.96 Å². The molecule has 1 aliphatic rings. The normalized spacial score (nSPS) is 16.3. The van der Waals surface area contributed by atoms with E-state index in [2.05, 4.69) is 43.5 Å². The van der Waals surface area contributed by atoms with Crippen LogP contribution >= 0.6 is 0 Å². The molecule has 134 valence electrons. The Kier molecular flexibility index (Phi) is 7.77. The van der Waals surface area contributed by atoms with Gasteiger partial charge in [0.25, 0.3) is 0 Å². The number of hydrogen-bond acceptors (Lipinski definition) is 5. The zero-order valence-electron chi connectivity index (χ0n) is 15.1. The molecule has 7 heteroatoms. The van der Waals surface area contributed by atoms with Gasteiger partial charge in [-0.1, -0.05) is 0 Å². The van der Waals surface area contributed by atoms with Crippen LogP contribution in [0.15, 0.2) is 23.3 Å². The van der Waals surface area contributed by atoms with Crippen molar-refractivity contribution >= 4 is 11.8 Å². The second-order valence-electron chi connectivity index (χ2n) is 6.01. The third kappa shape index (κ3) is 5.98. The second kappa shape index (κ2) is 10.1. The molecule has 2 N–H and O–H groups in total. The fraction of sp³-hybridized carbons (Fsp3) is 0.647. The van der Waals surface area contributed by atoms with Crippen LogP contribution in [-0.4, -0.2) is 76.4 Å². The summed E-state index contributed by atoms with van der Waals surface area (Å²) in [5.41, 5.74) is 1.21. The third-order valence-corrected chi connectivity index (χ3v) is 4.14. The van der Waals surface area contributed by atoms with Gasteiger partial charge in [-0.2, -0.15) is 0 Å². The van der Waals surface area contributed by atoms with E-state index >= 15 is 0 Å². The number of likely N-dealkylation sites (N-methyl/N-ethyl adjacent to an activating group) is 1. The number of ether oxygens (including phenoxy) is 1. The molecule has 0 bridgehead atoms. The summed E-state index contributed by atoms with van der Waals surface area (Å²) in [6.07, 6.45) is 2.85. The number of piperazine rings is 1. The molecule has 1 aromatic rings. The predicted octanol–water partition coefficient (Wildman–Crippen LogP) is 0.535. The van der Waals surface area contributed by atoms with Crippen LogP contribution in [-0.2, 0) is 11.3 Å². The highest BCUT2D eigenvalue weighted by Crippen LogP contribution is 2.14. The molecule has 24 heavy (non-hydrogen) atoms. The Balaban J connectivity index is 1.83. The summed E-state index contributed by atoms with van der Waals surface area (Å²) in [5.74, 6) is 1.87. The first-order valence-electron chi connectivity index (χ1n) is 8.55. The SMILES string of the molecule is CN=C(NCCCOC)NCc1ccnc(N2CCN(C)CC2)c1. The zero-order chi connectivity index (χ0) is 17.2. The van der Waals surface area contributed by atoms with E-state index in [1.54, 1.807) is 14.2 Å². The van der Waals surface area contributed by atoms with Crippen LogP contribution in [0.3, 0.4) is 0 Å². The van der Waals surface area contributed by atoms with Crippen molar-refractivity contribution in [2.24, 2.45) is 4.99 Å². The van der Waals surface area contributed by atoms with Crippen molar-refractivity contribution in [2.75, 3.05) is 65.4 Å². The van der Waals surface area contributed by atoms with Crippen molar-refractivity contribution in [3.63, 3.8) is 0 Å². The van der Waals surface area contributed by atoms with Crippen molar-refractivity contribution in [2.45, 2.75) is 13.0 Å². The lowest BCUT2D eigenvalue weighted by Crippen LogP contribution is -2.44. The molecule has 0 aromatic carbocycles. The molecule has 0 aliphatic carbocycles. The number of methoxy groups -OCH3 is 1. The number of nitrogens with zero attached hydrogens (tertiary/aromatic N) is 4. The molecule has 0 amide bonds. The molecule has 7 nitrogen and oxygen atoms in total. The summed E-state index contributed by atoms with van der Waals surface area (Å²) in [4.78, 5) is 13.5. The molecule has 0 radical (unpaired) electrons. The van der Waals surface area contributed by atoms with E-state index in [1.807, 2.05) is 12.3 Å². The number of guanidine groups is 1. The Morgan fingerprint density at radius 2 is 2.08 bits per heavy atom. The molecule has 1 aliphatic heterocycles. The van der Waals surface area contributed by atoms with Gasteiger partial charge in [0.2, 0.25) is 0 Å². The molecule has 0 spiro atoms. The number of pyridine rings is 1. The highest BCUT2D eigenvalue weighted by atomic mass is 16.5. The Hall–Kier alpha value is -1.86. The number of nitrogens with one attached hydrogen (secondary N) is 2. The maximum atomic E-state index is 5.05. The second-order valence-corrected chi connectivity index (χ2v) is 6.01. The van der Waals surface area contributed by atoms with E-state index in [-0.39, 0.29) is 0 Å². The average Bonchev–Trinajstić information content (AvgIpc) is 2.62. The minimum atomic E-state index is 0.729. The van der Waals surface area contributed by atoms with Crippen molar-refractivity contribution in [3.05, 3.63) is 23.9 Å². The van der Waals surface area contributed by atoms with Crippen LogP contribution in [0.4, 0.5) is 5.82 Å². The van der Waals surface area contributed by atoms with Crippen molar-refractivity contribution in [1.29, 1.82) is 0 Å². The average molecular weight is 334 g/mol. The third-order valence-electron chi connectivity index (χ3n) is 4.14. The molecule has 2 rings (SSSR count). The summed E-state index contributed by atoms with van der Waals surface area (Å²) < 4.78 is 5.05.